The summed E-state index contributed by atoms with van der Waals surface area (Å²) in [6.45, 7) is 4.28. The summed E-state index contributed by atoms with van der Waals surface area (Å²) >= 11 is 6.05. The van der Waals surface area contributed by atoms with Crippen LogP contribution in [-0.2, 0) is 9.53 Å². The number of hydrogen-bond donors (Lipinski definition) is 1. The summed E-state index contributed by atoms with van der Waals surface area (Å²) in [5, 5.41) is 17.9. The average Bonchev–Trinajstić information content (AvgIpc) is 3.28. The summed E-state index contributed by atoms with van der Waals surface area (Å²) in [5.41, 5.74) is 3.07. The van der Waals surface area contributed by atoms with Crippen molar-refractivity contribution in [3.63, 3.8) is 0 Å². The number of ether oxygens (including phenoxy) is 1. The zero-order valence-corrected chi connectivity index (χ0v) is 18.8. The summed E-state index contributed by atoms with van der Waals surface area (Å²) < 4.78 is 7.08. The summed E-state index contributed by atoms with van der Waals surface area (Å²) in [7, 11) is 0. The van der Waals surface area contributed by atoms with Crippen molar-refractivity contribution < 1.29 is 9.53 Å². The third kappa shape index (κ3) is 5.88. The fourth-order valence-electron chi connectivity index (χ4n) is 3.59. The number of nitrogens with zero attached hydrogens (tertiary/aromatic N) is 4. The van der Waals surface area contributed by atoms with Crippen molar-refractivity contribution in [2.45, 2.75) is 0 Å². The Balaban J connectivity index is 1.58. The Morgan fingerprint density at radius 3 is 2.58 bits per heavy atom. The summed E-state index contributed by atoms with van der Waals surface area (Å²) in [4.78, 5) is 14.9. The van der Waals surface area contributed by atoms with Crippen molar-refractivity contribution >= 4 is 23.6 Å². The van der Waals surface area contributed by atoms with Gasteiger partial charge in [0.15, 0.2) is 0 Å². The van der Waals surface area contributed by atoms with Gasteiger partial charge in [-0.2, -0.15) is 10.4 Å². The number of morpholine rings is 1. The van der Waals surface area contributed by atoms with Gasteiger partial charge in [-0.3, -0.25) is 9.69 Å². The molecule has 0 saturated carbocycles. The molecular weight excluding hydrogens is 438 g/mol. The maximum Gasteiger partial charge on any atom is 0.262 e. The van der Waals surface area contributed by atoms with Crippen molar-refractivity contribution in [1.82, 2.24) is 20.0 Å². The summed E-state index contributed by atoms with van der Waals surface area (Å²) in [6.07, 6.45) is 3.40. The van der Waals surface area contributed by atoms with E-state index >= 15 is 0 Å². The molecule has 7 nitrogen and oxygen atoms in total. The van der Waals surface area contributed by atoms with Gasteiger partial charge in [-0.25, -0.2) is 4.68 Å². The molecule has 0 unspecified atom stereocenters. The summed E-state index contributed by atoms with van der Waals surface area (Å²) in [5.74, 6) is -0.403. The van der Waals surface area contributed by atoms with Gasteiger partial charge in [-0.15, -0.1) is 0 Å². The van der Waals surface area contributed by atoms with E-state index in [1.807, 2.05) is 54.7 Å². The van der Waals surface area contributed by atoms with Gasteiger partial charge in [0.25, 0.3) is 5.91 Å². The number of para-hydroxylation sites is 1. The molecule has 1 aliphatic heterocycles. The van der Waals surface area contributed by atoms with E-state index < -0.39 is 5.91 Å². The van der Waals surface area contributed by atoms with E-state index in [9.17, 15) is 10.1 Å². The number of nitriles is 1. The topological polar surface area (TPSA) is 83.2 Å². The number of halogens is 1. The standard InChI is InChI=1S/C25H24ClN5O2/c26-22-8-6-19(7-9-22)24-21(18-31(29-24)23-4-2-1-3-5-23)16-20(17-27)25(32)28-10-11-30-12-14-33-15-13-30/h1-9,16,18H,10-15H2,(H,28,32). The zero-order valence-electron chi connectivity index (χ0n) is 18.1. The Morgan fingerprint density at radius 1 is 1.15 bits per heavy atom. The van der Waals surface area contributed by atoms with Crippen LogP contribution in [0.3, 0.4) is 0 Å². The molecule has 1 N–H and O–H groups in total. The Bertz CT molecular complexity index is 1160. The normalized spacial score (nSPS) is 14.6. The lowest BCUT2D eigenvalue weighted by molar-refractivity contribution is -0.117. The molecule has 0 atom stereocenters. The van der Waals surface area contributed by atoms with Crippen molar-refractivity contribution in [3.05, 3.63) is 77.0 Å². The Morgan fingerprint density at radius 2 is 1.88 bits per heavy atom. The van der Waals surface area contributed by atoms with Crippen LogP contribution < -0.4 is 5.32 Å². The number of nitrogens with one attached hydrogen (secondary N) is 1. The molecule has 1 amide bonds. The lowest BCUT2D eigenvalue weighted by Crippen LogP contribution is -2.41. The van der Waals surface area contributed by atoms with Crippen LogP contribution in [0.5, 0.6) is 0 Å². The predicted molar refractivity (Wildman–Crippen MR) is 128 cm³/mol. The van der Waals surface area contributed by atoms with Gasteiger partial charge in [0, 0.05) is 48.5 Å². The molecule has 2 aromatic carbocycles. The van der Waals surface area contributed by atoms with Crippen molar-refractivity contribution in [2.75, 3.05) is 39.4 Å². The first-order chi connectivity index (χ1) is 16.1. The molecule has 1 saturated heterocycles. The van der Waals surface area contributed by atoms with E-state index in [-0.39, 0.29) is 5.57 Å². The highest BCUT2D eigenvalue weighted by Crippen LogP contribution is 2.27. The van der Waals surface area contributed by atoms with Crippen LogP contribution in [0.2, 0.25) is 5.02 Å². The second-order valence-electron chi connectivity index (χ2n) is 7.60. The number of carbonyl (C=O) groups is 1. The molecule has 1 aromatic heterocycles. The molecule has 2 heterocycles. The van der Waals surface area contributed by atoms with Crippen LogP contribution in [0, 0.1) is 11.3 Å². The van der Waals surface area contributed by atoms with Crippen molar-refractivity contribution in [2.24, 2.45) is 0 Å². The molecular formula is C25H24ClN5O2. The molecule has 33 heavy (non-hydrogen) atoms. The van der Waals surface area contributed by atoms with E-state index in [1.165, 1.54) is 0 Å². The minimum Gasteiger partial charge on any atom is -0.379 e. The molecule has 3 aromatic rings. The monoisotopic (exact) mass is 461 g/mol. The number of benzene rings is 2. The van der Waals surface area contributed by atoms with Gasteiger partial charge in [-0.1, -0.05) is 41.9 Å². The van der Waals surface area contributed by atoms with E-state index in [0.717, 1.165) is 30.9 Å². The van der Waals surface area contributed by atoms with Crippen LogP contribution >= 0.6 is 11.6 Å². The van der Waals surface area contributed by atoms with E-state index in [0.29, 0.717) is 36.0 Å². The highest BCUT2D eigenvalue weighted by molar-refractivity contribution is 6.30. The molecule has 1 aliphatic rings. The third-order valence-electron chi connectivity index (χ3n) is 5.36. The second-order valence-corrected chi connectivity index (χ2v) is 8.04. The number of carbonyl (C=O) groups excluding carboxylic acids is 1. The SMILES string of the molecule is N#CC(=Cc1cn(-c2ccccc2)nc1-c1ccc(Cl)cc1)C(=O)NCCN1CCOCC1. The molecule has 0 spiro atoms. The molecule has 1 fully saturated rings. The fourth-order valence-corrected chi connectivity index (χ4v) is 3.72. The van der Waals surface area contributed by atoms with Gasteiger partial charge in [0.1, 0.15) is 11.6 Å². The smallest absolute Gasteiger partial charge is 0.262 e. The van der Waals surface area contributed by atoms with Gasteiger partial charge in [-0.05, 0) is 30.3 Å². The summed E-state index contributed by atoms with van der Waals surface area (Å²) in [6, 6.07) is 19.0. The first-order valence-corrected chi connectivity index (χ1v) is 11.1. The Labute approximate surface area is 197 Å². The Hall–Kier alpha value is -3.44. The van der Waals surface area contributed by atoms with Crippen LogP contribution in [0.4, 0.5) is 0 Å². The van der Waals surface area contributed by atoms with Crippen LogP contribution in [-0.4, -0.2) is 60.0 Å². The van der Waals surface area contributed by atoms with Gasteiger partial charge in [0.05, 0.1) is 24.6 Å². The lowest BCUT2D eigenvalue weighted by atomic mass is 10.1. The minimum absolute atomic E-state index is 0.0276. The maximum absolute atomic E-state index is 12.7. The number of hydrogen-bond acceptors (Lipinski definition) is 5. The maximum atomic E-state index is 12.7. The van der Waals surface area contributed by atoms with Crippen LogP contribution in [0.25, 0.3) is 23.0 Å². The molecule has 4 rings (SSSR count). The zero-order chi connectivity index (χ0) is 23.0. The molecule has 8 heteroatoms. The van der Waals surface area contributed by atoms with Gasteiger partial charge in [0.2, 0.25) is 0 Å². The van der Waals surface area contributed by atoms with Gasteiger partial charge >= 0.3 is 0 Å². The molecule has 168 valence electrons. The van der Waals surface area contributed by atoms with Gasteiger partial charge < -0.3 is 10.1 Å². The highest BCUT2D eigenvalue weighted by atomic mass is 35.5. The quantitative estimate of drug-likeness (QED) is 0.429. The Kier molecular flexibility index (Phi) is 7.53. The predicted octanol–water partition coefficient (Wildman–Crippen LogP) is 3.55. The molecule has 0 radical (unpaired) electrons. The fraction of sp³-hybridized carbons (Fsp3) is 0.240. The average molecular weight is 462 g/mol. The number of amides is 1. The largest absolute Gasteiger partial charge is 0.379 e. The first-order valence-electron chi connectivity index (χ1n) is 10.7. The van der Waals surface area contributed by atoms with Crippen molar-refractivity contribution in [1.29, 1.82) is 5.26 Å². The van der Waals surface area contributed by atoms with E-state index in [1.54, 1.807) is 22.9 Å². The molecule has 0 bridgehead atoms. The number of aromatic nitrogens is 2. The van der Waals surface area contributed by atoms with Crippen LogP contribution in [0.15, 0.2) is 66.4 Å². The second kappa shape index (κ2) is 10.9. The van der Waals surface area contributed by atoms with E-state index in [4.69, 9.17) is 21.4 Å². The van der Waals surface area contributed by atoms with E-state index in [2.05, 4.69) is 10.2 Å². The highest BCUT2D eigenvalue weighted by Gasteiger charge is 2.16. The first kappa shape index (κ1) is 22.7. The number of rotatable bonds is 7. The van der Waals surface area contributed by atoms with Crippen molar-refractivity contribution in [3.8, 4) is 23.0 Å². The third-order valence-corrected chi connectivity index (χ3v) is 5.62. The minimum atomic E-state index is -0.403. The lowest BCUT2D eigenvalue weighted by Gasteiger charge is -2.26. The van der Waals surface area contributed by atoms with Crippen LogP contribution in [0.1, 0.15) is 5.56 Å². The molecule has 0 aliphatic carbocycles.